The van der Waals surface area contributed by atoms with Crippen LogP contribution in [0.15, 0.2) is 0 Å². The van der Waals surface area contributed by atoms with Crippen LogP contribution in [-0.2, 0) is 4.79 Å². The lowest BCUT2D eigenvalue weighted by Crippen LogP contribution is -2.37. The summed E-state index contributed by atoms with van der Waals surface area (Å²) in [5.41, 5.74) is 0. The van der Waals surface area contributed by atoms with Crippen LogP contribution in [0, 0.1) is 5.92 Å². The summed E-state index contributed by atoms with van der Waals surface area (Å²) in [6.07, 6.45) is 7.94. The van der Waals surface area contributed by atoms with E-state index in [2.05, 4.69) is 17.6 Å². The third-order valence-corrected chi connectivity index (χ3v) is 4.09. The highest BCUT2D eigenvalue weighted by molar-refractivity contribution is 5.76. The number of carbonyl (C=O) groups excluding carboxylic acids is 1. The Bertz CT molecular complexity index is 236. The molecule has 3 nitrogen and oxygen atoms in total. The van der Waals surface area contributed by atoms with Crippen molar-refractivity contribution in [2.75, 3.05) is 6.54 Å². The van der Waals surface area contributed by atoms with E-state index in [1.807, 2.05) is 0 Å². The molecule has 1 saturated carbocycles. The normalized spacial score (nSPS) is 34.2. The van der Waals surface area contributed by atoms with Gasteiger partial charge in [0.1, 0.15) is 0 Å². The van der Waals surface area contributed by atoms with Crippen molar-refractivity contribution >= 4 is 5.91 Å². The van der Waals surface area contributed by atoms with E-state index < -0.39 is 0 Å². The van der Waals surface area contributed by atoms with Gasteiger partial charge in [-0.25, -0.2) is 0 Å². The largest absolute Gasteiger partial charge is 0.353 e. The van der Waals surface area contributed by atoms with Gasteiger partial charge in [-0.15, -0.1) is 0 Å². The average molecular weight is 224 g/mol. The molecule has 1 saturated heterocycles. The van der Waals surface area contributed by atoms with Crippen LogP contribution in [0.1, 0.15) is 51.9 Å². The van der Waals surface area contributed by atoms with Crippen molar-refractivity contribution in [1.82, 2.24) is 10.6 Å². The maximum Gasteiger partial charge on any atom is 0.220 e. The van der Waals surface area contributed by atoms with Crippen LogP contribution in [-0.4, -0.2) is 24.5 Å². The van der Waals surface area contributed by atoms with Gasteiger partial charge in [0.15, 0.2) is 0 Å². The van der Waals surface area contributed by atoms with E-state index in [-0.39, 0.29) is 5.91 Å². The molecule has 0 aromatic rings. The second-order valence-corrected chi connectivity index (χ2v) is 5.41. The van der Waals surface area contributed by atoms with Crippen molar-refractivity contribution < 1.29 is 4.79 Å². The zero-order chi connectivity index (χ0) is 11.4. The Labute approximate surface area is 98.4 Å². The van der Waals surface area contributed by atoms with Crippen molar-refractivity contribution in [3.63, 3.8) is 0 Å². The van der Waals surface area contributed by atoms with E-state index in [4.69, 9.17) is 0 Å². The van der Waals surface area contributed by atoms with Crippen LogP contribution in [0.5, 0.6) is 0 Å². The number of amides is 1. The Kier molecular flexibility index (Phi) is 4.22. The van der Waals surface area contributed by atoms with E-state index in [1.54, 1.807) is 0 Å². The molecule has 0 radical (unpaired) electrons. The van der Waals surface area contributed by atoms with Gasteiger partial charge in [-0.3, -0.25) is 4.79 Å². The first kappa shape index (κ1) is 11.9. The van der Waals surface area contributed by atoms with Gasteiger partial charge in [0.25, 0.3) is 0 Å². The highest BCUT2D eigenvalue weighted by atomic mass is 16.1. The van der Waals surface area contributed by atoms with Gasteiger partial charge in [-0.05, 0) is 44.6 Å². The monoisotopic (exact) mass is 224 g/mol. The maximum atomic E-state index is 11.8. The average Bonchev–Trinajstić information content (AvgIpc) is 2.88. The molecule has 16 heavy (non-hydrogen) atoms. The number of hydrogen-bond donors (Lipinski definition) is 2. The molecule has 0 bridgehead atoms. The third kappa shape index (κ3) is 3.21. The molecule has 92 valence electrons. The minimum atomic E-state index is 0.257. The summed E-state index contributed by atoms with van der Waals surface area (Å²) in [6, 6.07) is 1.04. The van der Waals surface area contributed by atoms with Gasteiger partial charge in [0.05, 0.1) is 0 Å². The van der Waals surface area contributed by atoms with Gasteiger partial charge in [-0.1, -0.05) is 13.3 Å². The summed E-state index contributed by atoms with van der Waals surface area (Å²) in [4.78, 5) is 11.8. The Morgan fingerprint density at radius 2 is 2.19 bits per heavy atom. The molecule has 0 spiro atoms. The zero-order valence-corrected chi connectivity index (χ0v) is 10.3. The molecular weight excluding hydrogens is 200 g/mol. The lowest BCUT2D eigenvalue weighted by molar-refractivity contribution is -0.122. The predicted octanol–water partition coefficient (Wildman–Crippen LogP) is 1.82. The quantitative estimate of drug-likeness (QED) is 0.765. The molecule has 1 aliphatic heterocycles. The smallest absolute Gasteiger partial charge is 0.220 e. The highest BCUT2D eigenvalue weighted by Crippen LogP contribution is 2.24. The highest BCUT2D eigenvalue weighted by Gasteiger charge is 2.25. The Morgan fingerprint density at radius 1 is 1.31 bits per heavy atom. The van der Waals surface area contributed by atoms with Crippen LogP contribution < -0.4 is 10.6 Å². The van der Waals surface area contributed by atoms with Crippen LogP contribution in [0.2, 0.25) is 0 Å². The second-order valence-electron chi connectivity index (χ2n) is 5.41. The first-order valence-electron chi connectivity index (χ1n) is 6.78. The van der Waals surface area contributed by atoms with Gasteiger partial charge < -0.3 is 10.6 Å². The van der Waals surface area contributed by atoms with Crippen molar-refractivity contribution in [2.45, 2.75) is 64.0 Å². The minimum Gasteiger partial charge on any atom is -0.353 e. The number of carbonyl (C=O) groups is 1. The topological polar surface area (TPSA) is 41.1 Å². The molecule has 3 heteroatoms. The van der Waals surface area contributed by atoms with Gasteiger partial charge >= 0.3 is 0 Å². The summed E-state index contributed by atoms with van der Waals surface area (Å²) < 4.78 is 0. The van der Waals surface area contributed by atoms with E-state index in [9.17, 15) is 4.79 Å². The molecule has 2 rings (SSSR count). The maximum absolute atomic E-state index is 11.8. The molecule has 3 atom stereocenters. The fourth-order valence-corrected chi connectivity index (χ4v) is 2.95. The van der Waals surface area contributed by atoms with Gasteiger partial charge in [0, 0.05) is 18.5 Å². The van der Waals surface area contributed by atoms with Gasteiger partial charge in [0.2, 0.25) is 5.91 Å². The third-order valence-electron chi connectivity index (χ3n) is 4.09. The fourth-order valence-electron chi connectivity index (χ4n) is 2.95. The van der Waals surface area contributed by atoms with Crippen LogP contribution in [0.3, 0.4) is 0 Å². The predicted molar refractivity (Wildman–Crippen MR) is 65.2 cm³/mol. The molecule has 1 amide bonds. The molecule has 1 heterocycles. The van der Waals surface area contributed by atoms with Crippen molar-refractivity contribution in [3.8, 4) is 0 Å². The van der Waals surface area contributed by atoms with E-state index in [0.717, 1.165) is 13.0 Å². The first-order valence-corrected chi connectivity index (χ1v) is 6.78. The van der Waals surface area contributed by atoms with Gasteiger partial charge in [-0.2, -0.15) is 0 Å². The summed E-state index contributed by atoms with van der Waals surface area (Å²) in [5, 5.41) is 6.62. The molecule has 0 aromatic heterocycles. The van der Waals surface area contributed by atoms with Crippen LogP contribution >= 0.6 is 0 Å². The molecule has 0 aromatic carbocycles. The van der Waals surface area contributed by atoms with Crippen molar-refractivity contribution in [3.05, 3.63) is 0 Å². The van der Waals surface area contributed by atoms with Crippen molar-refractivity contribution in [1.29, 1.82) is 0 Å². The van der Waals surface area contributed by atoms with E-state index >= 15 is 0 Å². The SMILES string of the molecule is CC1CCCC1NC(=O)CCC1CCCN1. The molecule has 2 N–H and O–H groups in total. The summed E-state index contributed by atoms with van der Waals surface area (Å²) in [6.45, 7) is 3.38. The molecular formula is C13H24N2O. The molecule has 2 aliphatic rings. The summed E-state index contributed by atoms with van der Waals surface area (Å²) in [5.74, 6) is 0.931. The lowest BCUT2D eigenvalue weighted by atomic mass is 10.1. The summed E-state index contributed by atoms with van der Waals surface area (Å²) in [7, 11) is 0. The molecule has 1 aliphatic carbocycles. The van der Waals surface area contributed by atoms with Crippen LogP contribution in [0.4, 0.5) is 0 Å². The second kappa shape index (κ2) is 5.67. The Hall–Kier alpha value is -0.570. The first-order chi connectivity index (χ1) is 7.75. The standard InChI is InChI=1S/C13H24N2O/c1-10-4-2-6-12(10)15-13(16)8-7-11-5-3-9-14-11/h10-12,14H,2-9H2,1H3,(H,15,16). The number of rotatable bonds is 4. The Balaban J connectivity index is 1.63. The lowest BCUT2D eigenvalue weighted by Gasteiger charge is -2.18. The van der Waals surface area contributed by atoms with E-state index in [1.165, 1.54) is 32.1 Å². The van der Waals surface area contributed by atoms with Crippen molar-refractivity contribution in [2.24, 2.45) is 5.92 Å². The van der Waals surface area contributed by atoms with E-state index in [0.29, 0.717) is 24.4 Å². The summed E-state index contributed by atoms with van der Waals surface area (Å²) >= 11 is 0. The zero-order valence-electron chi connectivity index (χ0n) is 10.3. The number of hydrogen-bond acceptors (Lipinski definition) is 2. The van der Waals surface area contributed by atoms with Crippen LogP contribution in [0.25, 0.3) is 0 Å². The Morgan fingerprint density at radius 3 is 2.81 bits per heavy atom. The number of nitrogens with one attached hydrogen (secondary N) is 2. The molecule has 2 fully saturated rings. The fraction of sp³-hybridized carbons (Fsp3) is 0.923. The minimum absolute atomic E-state index is 0.257. The molecule has 3 unspecified atom stereocenters.